The van der Waals surface area contributed by atoms with Crippen molar-refractivity contribution in [3.8, 4) is 5.75 Å². The molecule has 2 rings (SSSR count). The lowest BCUT2D eigenvalue weighted by molar-refractivity contribution is -0.118. The molecule has 0 aliphatic heterocycles. The Kier molecular flexibility index (Phi) is 5.28. The van der Waals surface area contributed by atoms with Crippen LogP contribution in [0.25, 0.3) is 0 Å². The zero-order chi connectivity index (χ0) is 15.4. The van der Waals surface area contributed by atoms with Gasteiger partial charge in [0.1, 0.15) is 5.82 Å². The fourth-order valence-corrected chi connectivity index (χ4v) is 2.22. The summed E-state index contributed by atoms with van der Waals surface area (Å²) in [4.78, 5) is 11.7. The Morgan fingerprint density at radius 1 is 1.14 bits per heavy atom. The summed E-state index contributed by atoms with van der Waals surface area (Å²) in [7, 11) is 0. The van der Waals surface area contributed by atoms with Crippen molar-refractivity contribution in [3.63, 3.8) is 0 Å². The largest absolute Gasteiger partial charge is 0.481 e. The second kappa shape index (κ2) is 6.98. The van der Waals surface area contributed by atoms with Gasteiger partial charge in [-0.1, -0.05) is 40.9 Å². The number of hydrogen-bond donors (Lipinski definition) is 1. The van der Waals surface area contributed by atoms with Crippen LogP contribution in [0.1, 0.15) is 0 Å². The Labute approximate surface area is 135 Å². The molecule has 0 saturated heterocycles. The molecule has 7 heteroatoms. The fourth-order valence-electron chi connectivity index (χ4n) is 1.54. The number of amides is 1. The molecule has 0 heterocycles. The Morgan fingerprint density at radius 2 is 1.81 bits per heavy atom. The van der Waals surface area contributed by atoms with E-state index in [9.17, 15) is 9.18 Å². The van der Waals surface area contributed by atoms with Gasteiger partial charge in [-0.15, -0.1) is 0 Å². The monoisotopic (exact) mass is 347 g/mol. The minimum atomic E-state index is -0.594. The van der Waals surface area contributed by atoms with E-state index in [4.69, 9.17) is 39.5 Å². The maximum absolute atomic E-state index is 13.5. The van der Waals surface area contributed by atoms with Crippen LogP contribution in [0.2, 0.25) is 15.1 Å². The van der Waals surface area contributed by atoms with E-state index >= 15 is 0 Å². The van der Waals surface area contributed by atoms with Crippen LogP contribution in [-0.4, -0.2) is 12.5 Å². The van der Waals surface area contributed by atoms with Gasteiger partial charge in [0, 0.05) is 5.02 Å². The molecule has 0 saturated carbocycles. The normalized spacial score (nSPS) is 10.3. The van der Waals surface area contributed by atoms with Gasteiger partial charge >= 0.3 is 0 Å². The number of benzene rings is 2. The topological polar surface area (TPSA) is 38.3 Å². The number of rotatable bonds is 4. The first-order chi connectivity index (χ1) is 9.97. The number of halogens is 4. The predicted octanol–water partition coefficient (Wildman–Crippen LogP) is 4.80. The molecule has 0 atom stereocenters. The van der Waals surface area contributed by atoms with Crippen LogP contribution >= 0.6 is 34.8 Å². The highest BCUT2D eigenvalue weighted by molar-refractivity contribution is 6.37. The van der Waals surface area contributed by atoms with Crippen molar-refractivity contribution in [2.45, 2.75) is 0 Å². The zero-order valence-corrected chi connectivity index (χ0v) is 12.8. The van der Waals surface area contributed by atoms with Gasteiger partial charge in [0.15, 0.2) is 12.4 Å². The molecular weight excluding hydrogens is 340 g/mol. The van der Waals surface area contributed by atoms with Gasteiger partial charge in [-0.25, -0.2) is 4.39 Å². The molecule has 2 aromatic carbocycles. The lowest BCUT2D eigenvalue weighted by Gasteiger charge is -2.10. The van der Waals surface area contributed by atoms with Gasteiger partial charge in [-0.2, -0.15) is 0 Å². The molecule has 110 valence electrons. The summed E-state index contributed by atoms with van der Waals surface area (Å²) in [5.41, 5.74) is -0.0265. The number of para-hydroxylation sites is 1. The van der Waals surface area contributed by atoms with Crippen molar-refractivity contribution in [2.75, 3.05) is 11.9 Å². The van der Waals surface area contributed by atoms with E-state index in [0.29, 0.717) is 5.02 Å². The van der Waals surface area contributed by atoms with Crippen molar-refractivity contribution >= 4 is 46.4 Å². The third-order valence-electron chi connectivity index (χ3n) is 2.47. The first-order valence-corrected chi connectivity index (χ1v) is 6.92. The second-order valence-electron chi connectivity index (χ2n) is 4.01. The molecule has 0 aliphatic carbocycles. The summed E-state index contributed by atoms with van der Waals surface area (Å²) in [5.74, 6) is -0.960. The van der Waals surface area contributed by atoms with Crippen molar-refractivity contribution in [3.05, 3.63) is 57.3 Å². The summed E-state index contributed by atoms with van der Waals surface area (Å²) in [6.45, 7) is -0.366. The van der Waals surface area contributed by atoms with E-state index in [-0.39, 0.29) is 28.1 Å². The van der Waals surface area contributed by atoms with Crippen LogP contribution < -0.4 is 10.1 Å². The Morgan fingerprint density at radius 3 is 2.48 bits per heavy atom. The SMILES string of the molecule is O=C(COc1c(Cl)cccc1Cl)Nc1cc(Cl)ccc1F. The minimum Gasteiger partial charge on any atom is -0.481 e. The molecule has 0 aliphatic rings. The summed E-state index contributed by atoms with van der Waals surface area (Å²) in [6.07, 6.45) is 0. The van der Waals surface area contributed by atoms with E-state index in [2.05, 4.69) is 5.32 Å². The Hall–Kier alpha value is -1.49. The maximum atomic E-state index is 13.5. The molecular formula is C14H9Cl3FNO2. The molecule has 0 aromatic heterocycles. The lowest BCUT2D eigenvalue weighted by Crippen LogP contribution is -2.21. The third-order valence-corrected chi connectivity index (χ3v) is 3.30. The first kappa shape index (κ1) is 15.9. The molecule has 0 radical (unpaired) electrons. The van der Waals surface area contributed by atoms with Crippen LogP contribution in [0.3, 0.4) is 0 Å². The summed E-state index contributed by atoms with van der Waals surface area (Å²) < 4.78 is 18.7. The van der Waals surface area contributed by atoms with E-state index in [0.717, 1.165) is 6.07 Å². The number of anilines is 1. The van der Waals surface area contributed by atoms with Crippen molar-refractivity contribution in [1.29, 1.82) is 0 Å². The lowest BCUT2D eigenvalue weighted by atomic mass is 10.3. The minimum absolute atomic E-state index is 0.0265. The van der Waals surface area contributed by atoms with E-state index < -0.39 is 11.7 Å². The molecule has 1 amide bonds. The average molecular weight is 349 g/mol. The highest BCUT2D eigenvalue weighted by atomic mass is 35.5. The van der Waals surface area contributed by atoms with Gasteiger partial charge in [-0.3, -0.25) is 4.79 Å². The van der Waals surface area contributed by atoms with Crippen molar-refractivity contribution < 1.29 is 13.9 Å². The Balaban J connectivity index is 2.01. The van der Waals surface area contributed by atoms with Crippen LogP contribution in [0.5, 0.6) is 5.75 Å². The molecule has 0 spiro atoms. The van der Waals surface area contributed by atoms with Crippen molar-refractivity contribution in [1.82, 2.24) is 0 Å². The molecule has 2 aromatic rings. The Bertz CT molecular complexity index is 659. The third kappa shape index (κ3) is 4.24. The predicted molar refractivity (Wildman–Crippen MR) is 82.0 cm³/mol. The van der Waals surface area contributed by atoms with Crippen LogP contribution in [0.15, 0.2) is 36.4 Å². The van der Waals surface area contributed by atoms with Gasteiger partial charge in [-0.05, 0) is 30.3 Å². The van der Waals surface area contributed by atoms with E-state index in [1.807, 2.05) is 0 Å². The van der Waals surface area contributed by atoms with E-state index in [1.165, 1.54) is 12.1 Å². The molecule has 0 bridgehead atoms. The zero-order valence-electron chi connectivity index (χ0n) is 10.5. The number of carbonyl (C=O) groups is 1. The van der Waals surface area contributed by atoms with Crippen molar-refractivity contribution in [2.24, 2.45) is 0 Å². The maximum Gasteiger partial charge on any atom is 0.262 e. The summed E-state index contributed by atoms with van der Waals surface area (Å²) in [6, 6.07) is 8.65. The molecule has 0 fully saturated rings. The van der Waals surface area contributed by atoms with Gasteiger partial charge in [0.25, 0.3) is 5.91 Å². The van der Waals surface area contributed by atoms with Crippen LogP contribution in [-0.2, 0) is 4.79 Å². The molecule has 1 N–H and O–H groups in total. The number of nitrogens with one attached hydrogen (secondary N) is 1. The standard InChI is InChI=1S/C14H9Cl3FNO2/c15-8-4-5-11(18)12(6-8)19-13(20)7-21-14-9(16)2-1-3-10(14)17/h1-6H,7H2,(H,19,20). The van der Waals surface area contributed by atoms with Crippen LogP contribution in [0.4, 0.5) is 10.1 Å². The van der Waals surface area contributed by atoms with E-state index in [1.54, 1.807) is 18.2 Å². The number of hydrogen-bond acceptors (Lipinski definition) is 2. The number of carbonyl (C=O) groups excluding carboxylic acids is 1. The second-order valence-corrected chi connectivity index (χ2v) is 5.26. The highest BCUT2D eigenvalue weighted by Crippen LogP contribution is 2.32. The molecule has 21 heavy (non-hydrogen) atoms. The summed E-state index contributed by atoms with van der Waals surface area (Å²) >= 11 is 17.5. The molecule has 0 unspecified atom stereocenters. The van der Waals surface area contributed by atoms with Gasteiger partial charge < -0.3 is 10.1 Å². The van der Waals surface area contributed by atoms with Crippen LogP contribution in [0, 0.1) is 5.82 Å². The average Bonchev–Trinajstić information content (AvgIpc) is 2.42. The van der Waals surface area contributed by atoms with Gasteiger partial charge in [0.05, 0.1) is 15.7 Å². The van der Waals surface area contributed by atoms with Gasteiger partial charge in [0.2, 0.25) is 0 Å². The highest BCUT2D eigenvalue weighted by Gasteiger charge is 2.11. The molecule has 3 nitrogen and oxygen atoms in total. The fraction of sp³-hybridized carbons (Fsp3) is 0.0714. The summed E-state index contributed by atoms with van der Waals surface area (Å²) in [5, 5.41) is 3.22. The first-order valence-electron chi connectivity index (χ1n) is 5.79. The quantitative estimate of drug-likeness (QED) is 0.861. The number of ether oxygens (including phenoxy) is 1. The smallest absolute Gasteiger partial charge is 0.262 e.